The summed E-state index contributed by atoms with van der Waals surface area (Å²) in [6, 6.07) is 13.2. The third-order valence-corrected chi connectivity index (χ3v) is 6.67. The van der Waals surface area contributed by atoms with E-state index in [1.807, 2.05) is 0 Å². The summed E-state index contributed by atoms with van der Waals surface area (Å²) in [4.78, 5) is 59.3. The van der Waals surface area contributed by atoms with Crippen LogP contribution in [0.1, 0.15) is 47.1 Å². The van der Waals surface area contributed by atoms with Gasteiger partial charge >= 0.3 is 6.18 Å². The van der Waals surface area contributed by atoms with Crippen LogP contribution in [-0.2, 0) is 6.18 Å². The number of nitrogens with zero attached hydrogens (tertiary/aromatic N) is 4. The molecule has 0 radical (unpaired) electrons. The highest BCUT2D eigenvalue weighted by atomic mass is 32.2. The molecule has 38 heavy (non-hydrogen) atoms. The number of carbonyl (C=O) groups is 4. The maximum atomic E-state index is 13.4. The fourth-order valence-electron chi connectivity index (χ4n) is 4.04. The first-order valence-corrected chi connectivity index (χ1v) is 12.3. The van der Waals surface area contributed by atoms with Crippen LogP contribution in [0.2, 0.25) is 0 Å². The summed E-state index contributed by atoms with van der Waals surface area (Å²) in [5, 5.41) is -0.271. The highest BCUT2D eigenvalue weighted by molar-refractivity contribution is 7.99. The van der Waals surface area contributed by atoms with Crippen molar-refractivity contribution >= 4 is 35.4 Å². The Morgan fingerprint density at radius 2 is 1.21 bits per heavy atom. The van der Waals surface area contributed by atoms with Gasteiger partial charge in [-0.1, -0.05) is 36.0 Å². The monoisotopic (exact) mass is 542 g/mol. The molecule has 0 saturated heterocycles. The lowest BCUT2D eigenvalue weighted by Gasteiger charge is -2.16. The molecule has 0 atom stereocenters. The second kappa shape index (κ2) is 9.89. The number of fused-ring (bicyclic) bond motifs is 2. The maximum Gasteiger partial charge on any atom is 0.433 e. The Morgan fingerprint density at radius 1 is 0.737 bits per heavy atom. The molecule has 13 heteroatoms. The van der Waals surface area contributed by atoms with Gasteiger partial charge in [0, 0.05) is 18.4 Å². The third kappa shape index (κ3) is 4.72. The summed E-state index contributed by atoms with van der Waals surface area (Å²) < 4.78 is 45.7. The molecule has 0 fully saturated rings. The summed E-state index contributed by atoms with van der Waals surface area (Å²) in [5.41, 5.74) is -0.212. The molecule has 1 aromatic heterocycles. The average molecular weight is 542 g/mol. The van der Waals surface area contributed by atoms with Crippen molar-refractivity contribution in [2.24, 2.45) is 0 Å². The SMILES string of the molecule is O=C1c2ccccc2C(=O)N1CCOc1cc(C(F)(F)F)nc(SCCN2C(=O)c3ccccc3C2=O)n1. The number of hydrogen-bond donors (Lipinski definition) is 0. The summed E-state index contributed by atoms with van der Waals surface area (Å²) in [6.07, 6.45) is -4.79. The summed E-state index contributed by atoms with van der Waals surface area (Å²) >= 11 is 0.819. The molecular formula is C25H17F3N4O5S. The summed E-state index contributed by atoms with van der Waals surface area (Å²) in [7, 11) is 0. The van der Waals surface area contributed by atoms with Gasteiger partial charge in [-0.2, -0.15) is 18.2 Å². The van der Waals surface area contributed by atoms with Gasteiger partial charge in [0.05, 0.1) is 28.8 Å². The van der Waals surface area contributed by atoms with Crippen LogP contribution in [0.5, 0.6) is 5.88 Å². The van der Waals surface area contributed by atoms with Gasteiger partial charge in [0.2, 0.25) is 5.88 Å². The number of thioether (sulfide) groups is 1. The molecule has 0 spiro atoms. The van der Waals surface area contributed by atoms with Gasteiger partial charge in [0.1, 0.15) is 6.61 Å². The molecule has 3 heterocycles. The van der Waals surface area contributed by atoms with Gasteiger partial charge < -0.3 is 4.74 Å². The largest absolute Gasteiger partial charge is 0.476 e. The number of imide groups is 2. The fraction of sp³-hybridized carbons (Fsp3) is 0.200. The van der Waals surface area contributed by atoms with E-state index in [-0.39, 0.29) is 52.9 Å². The van der Waals surface area contributed by atoms with E-state index in [0.717, 1.165) is 21.6 Å². The van der Waals surface area contributed by atoms with Gasteiger partial charge in [-0.05, 0) is 24.3 Å². The number of carbonyl (C=O) groups excluding carboxylic acids is 4. The highest BCUT2D eigenvalue weighted by Gasteiger charge is 2.37. The van der Waals surface area contributed by atoms with Crippen molar-refractivity contribution < 1.29 is 37.1 Å². The Labute approximate surface area is 217 Å². The number of alkyl halides is 3. The zero-order chi connectivity index (χ0) is 27.0. The molecule has 0 bridgehead atoms. The van der Waals surface area contributed by atoms with Crippen molar-refractivity contribution in [3.63, 3.8) is 0 Å². The van der Waals surface area contributed by atoms with Crippen LogP contribution in [0.3, 0.4) is 0 Å². The number of hydrogen-bond acceptors (Lipinski definition) is 8. The molecule has 0 aliphatic carbocycles. The maximum absolute atomic E-state index is 13.4. The molecule has 194 valence electrons. The molecule has 2 aromatic carbocycles. The lowest BCUT2D eigenvalue weighted by atomic mass is 10.1. The smallest absolute Gasteiger partial charge is 0.433 e. The predicted octanol–water partition coefficient (Wildman–Crippen LogP) is 3.56. The first-order valence-electron chi connectivity index (χ1n) is 11.3. The quantitative estimate of drug-likeness (QED) is 0.242. The molecule has 2 aliphatic heterocycles. The number of aromatic nitrogens is 2. The van der Waals surface area contributed by atoms with E-state index < -0.39 is 41.4 Å². The van der Waals surface area contributed by atoms with Crippen molar-refractivity contribution in [3.8, 4) is 5.88 Å². The van der Waals surface area contributed by atoms with Gasteiger partial charge in [0.25, 0.3) is 23.6 Å². The first-order chi connectivity index (χ1) is 18.1. The fourth-order valence-corrected chi connectivity index (χ4v) is 4.82. The molecule has 0 unspecified atom stereocenters. The lowest BCUT2D eigenvalue weighted by molar-refractivity contribution is -0.141. The summed E-state index contributed by atoms with van der Waals surface area (Å²) in [6.45, 7) is -0.550. The van der Waals surface area contributed by atoms with Crippen molar-refractivity contribution in [1.29, 1.82) is 0 Å². The van der Waals surface area contributed by atoms with E-state index in [0.29, 0.717) is 6.07 Å². The zero-order valence-electron chi connectivity index (χ0n) is 19.4. The lowest BCUT2D eigenvalue weighted by Crippen LogP contribution is -2.33. The third-order valence-electron chi connectivity index (χ3n) is 5.84. The molecule has 5 rings (SSSR count). The Balaban J connectivity index is 1.23. The van der Waals surface area contributed by atoms with Crippen LogP contribution in [-0.4, -0.2) is 68.8 Å². The minimum Gasteiger partial charge on any atom is -0.476 e. The summed E-state index contributed by atoms with van der Waals surface area (Å²) in [5.74, 6) is -2.34. The normalized spacial score (nSPS) is 14.8. The van der Waals surface area contributed by atoms with E-state index in [2.05, 4.69) is 9.97 Å². The molecule has 3 aromatic rings. The van der Waals surface area contributed by atoms with Crippen LogP contribution in [0.4, 0.5) is 13.2 Å². The van der Waals surface area contributed by atoms with E-state index in [1.165, 1.54) is 24.3 Å². The van der Waals surface area contributed by atoms with Crippen LogP contribution in [0.25, 0.3) is 0 Å². The molecule has 9 nitrogen and oxygen atoms in total. The van der Waals surface area contributed by atoms with Gasteiger partial charge in [-0.15, -0.1) is 0 Å². The van der Waals surface area contributed by atoms with Crippen LogP contribution >= 0.6 is 11.8 Å². The van der Waals surface area contributed by atoms with Crippen molar-refractivity contribution in [2.75, 3.05) is 25.4 Å². The number of ether oxygens (including phenoxy) is 1. The number of halogens is 3. The average Bonchev–Trinajstić information content (AvgIpc) is 3.29. The van der Waals surface area contributed by atoms with Crippen molar-refractivity contribution in [3.05, 3.63) is 82.5 Å². The second-order valence-corrected chi connectivity index (χ2v) is 9.25. The van der Waals surface area contributed by atoms with Gasteiger partial charge in [-0.3, -0.25) is 29.0 Å². The van der Waals surface area contributed by atoms with E-state index in [9.17, 15) is 32.3 Å². The van der Waals surface area contributed by atoms with Crippen LogP contribution in [0, 0.1) is 0 Å². The van der Waals surface area contributed by atoms with E-state index in [1.54, 1.807) is 24.3 Å². The van der Waals surface area contributed by atoms with E-state index in [4.69, 9.17) is 4.74 Å². The van der Waals surface area contributed by atoms with Gasteiger partial charge in [-0.25, -0.2) is 4.98 Å². The van der Waals surface area contributed by atoms with Crippen molar-refractivity contribution in [1.82, 2.24) is 19.8 Å². The number of amides is 4. The van der Waals surface area contributed by atoms with E-state index >= 15 is 0 Å². The Morgan fingerprint density at radius 3 is 1.68 bits per heavy atom. The topological polar surface area (TPSA) is 110 Å². The minimum atomic E-state index is -4.79. The molecule has 2 aliphatic rings. The molecular weight excluding hydrogens is 525 g/mol. The van der Waals surface area contributed by atoms with Crippen LogP contribution < -0.4 is 4.74 Å². The second-order valence-electron chi connectivity index (χ2n) is 8.18. The first kappa shape index (κ1) is 25.4. The van der Waals surface area contributed by atoms with Gasteiger partial charge in [0.15, 0.2) is 10.9 Å². The standard InChI is InChI=1S/C25H17F3N4O5S/c26-25(27,28)18-13-19(37-11-9-31-20(33)14-5-1-2-6-15(14)21(31)34)30-24(29-18)38-12-10-32-22(35)16-7-3-4-8-17(16)23(32)36/h1-8,13H,9-12H2. The zero-order valence-corrected chi connectivity index (χ0v) is 20.2. The Bertz CT molecular complexity index is 1310. The Kier molecular flexibility index (Phi) is 6.61. The van der Waals surface area contributed by atoms with Crippen LogP contribution in [0.15, 0.2) is 59.8 Å². The molecule has 4 amide bonds. The number of rotatable bonds is 8. The molecule has 0 N–H and O–H groups in total. The predicted molar refractivity (Wildman–Crippen MR) is 127 cm³/mol. The molecule has 0 saturated carbocycles. The highest BCUT2D eigenvalue weighted by Crippen LogP contribution is 2.32. The number of benzene rings is 2. The minimum absolute atomic E-state index is 0.0429. The van der Waals surface area contributed by atoms with Crippen molar-refractivity contribution in [2.45, 2.75) is 11.3 Å². The Hall–Kier alpha value is -4.26.